The van der Waals surface area contributed by atoms with E-state index in [4.69, 9.17) is 18.3 Å². The molecule has 2 unspecified atom stereocenters. The zero-order valence-corrected chi connectivity index (χ0v) is 43.0. The van der Waals surface area contributed by atoms with E-state index in [2.05, 4.69) is 19.9 Å². The number of imidazole rings is 2. The second kappa shape index (κ2) is 27.2. The van der Waals surface area contributed by atoms with Crippen LogP contribution in [0.2, 0.25) is 0 Å². The van der Waals surface area contributed by atoms with Crippen molar-refractivity contribution < 1.29 is 126 Å². The Bertz CT molecular complexity index is 2850. The van der Waals surface area contributed by atoms with Crippen LogP contribution in [0.4, 0.5) is 8.78 Å². The van der Waals surface area contributed by atoms with Gasteiger partial charge in [0.25, 0.3) is 0 Å². The average molecular weight is 1000 g/mol. The Morgan fingerprint density at radius 1 is 0.625 bits per heavy atom. The summed E-state index contributed by atoms with van der Waals surface area (Å²) < 4.78 is 49.7. The van der Waals surface area contributed by atoms with Crippen molar-refractivity contribution in [2.75, 3.05) is 0 Å². The number of aliphatic carboxylic acids is 2. The number of hydrogen-bond acceptors (Lipinski definition) is 12. The van der Waals surface area contributed by atoms with Gasteiger partial charge in [0, 0.05) is 73.0 Å². The maximum atomic E-state index is 14.2. The number of furan rings is 2. The number of H-pyrrole nitrogens is 2. The maximum Gasteiger partial charge on any atom is 1.00 e. The second-order valence-corrected chi connectivity index (χ2v) is 15.7. The van der Waals surface area contributed by atoms with Crippen LogP contribution in [0.1, 0.15) is 81.2 Å². The van der Waals surface area contributed by atoms with Crippen molar-refractivity contribution in [3.05, 3.63) is 215 Å². The predicted molar refractivity (Wildman–Crippen MR) is 244 cm³/mol. The summed E-state index contributed by atoms with van der Waals surface area (Å²) in [7, 11) is 0. The smallest absolute Gasteiger partial charge is 0.872 e. The molecule has 360 valence electrons. The summed E-state index contributed by atoms with van der Waals surface area (Å²) in [4.78, 5) is 36.6. The molecule has 20 heteroatoms. The van der Waals surface area contributed by atoms with Crippen LogP contribution >= 0.6 is 0 Å². The summed E-state index contributed by atoms with van der Waals surface area (Å²) in [6.45, 7) is -0.0464. The molecule has 8 aromatic rings. The van der Waals surface area contributed by atoms with Crippen molar-refractivity contribution in [1.29, 1.82) is 0 Å². The van der Waals surface area contributed by atoms with Gasteiger partial charge in [-0.3, -0.25) is 0 Å². The number of aliphatic hydroxyl groups is 2. The van der Waals surface area contributed by atoms with Crippen LogP contribution in [-0.2, 0) is 35.6 Å². The molecule has 4 heterocycles. The van der Waals surface area contributed by atoms with Gasteiger partial charge >= 0.3 is 71.1 Å². The van der Waals surface area contributed by atoms with E-state index in [0.29, 0.717) is 59.1 Å². The Balaban J connectivity index is 0.000000260. The number of aromatic amines is 2. The molecule has 0 saturated carbocycles. The van der Waals surface area contributed by atoms with Crippen molar-refractivity contribution in [1.82, 2.24) is 19.9 Å². The number of nitrogens with zero attached hydrogens (tertiary/aromatic N) is 2. The number of aromatic nitrogens is 4. The fourth-order valence-electron chi connectivity index (χ4n) is 7.28. The molecule has 2 atom stereocenters. The van der Waals surface area contributed by atoms with Gasteiger partial charge < -0.3 is 58.9 Å². The van der Waals surface area contributed by atoms with Gasteiger partial charge in [-0.05, 0) is 93.8 Å². The Labute approximate surface area is 454 Å². The first-order valence-corrected chi connectivity index (χ1v) is 21.5. The SMILES string of the molecule is O=C(O)C=C(c1ccoc1)c1ccc(COc2cc(F)cc(C(O)CCc3ncc[nH]3)c2)cc1[O-].O=C(O)C=C(c1ccoc1)c1ccc(COc2cc(F)cc(C(O)CCc3ncc[nH]3)c2)cc1[O-].[Na+].[Na+]. The molecule has 0 saturated heterocycles. The van der Waals surface area contributed by atoms with E-state index < -0.39 is 47.3 Å². The molecule has 4 aromatic carbocycles. The molecule has 0 radical (unpaired) electrons. The Morgan fingerprint density at radius 3 is 1.38 bits per heavy atom. The van der Waals surface area contributed by atoms with Crippen LogP contribution in [0, 0.1) is 11.6 Å². The third kappa shape index (κ3) is 16.1. The van der Waals surface area contributed by atoms with Crippen molar-refractivity contribution in [3.8, 4) is 23.0 Å². The van der Waals surface area contributed by atoms with Gasteiger partial charge in [0.2, 0.25) is 0 Å². The molecule has 72 heavy (non-hydrogen) atoms. The van der Waals surface area contributed by atoms with E-state index in [9.17, 15) is 49.0 Å². The van der Waals surface area contributed by atoms with Crippen LogP contribution in [0.15, 0.2) is 156 Å². The van der Waals surface area contributed by atoms with Crippen LogP contribution < -0.4 is 78.8 Å². The zero-order valence-electron chi connectivity index (χ0n) is 39.0. The molecule has 0 aliphatic rings. The molecule has 16 nitrogen and oxygen atoms in total. The summed E-state index contributed by atoms with van der Waals surface area (Å²) in [6.07, 6.45) is 13.9. The summed E-state index contributed by atoms with van der Waals surface area (Å²) in [5.41, 5.74) is 3.55. The first-order chi connectivity index (χ1) is 33.8. The van der Waals surface area contributed by atoms with E-state index in [0.717, 1.165) is 23.8 Å². The summed E-state index contributed by atoms with van der Waals surface area (Å²) in [5, 5.41) is 64.7. The number of aryl methyl sites for hydroxylation is 2. The number of ether oxygens (including phenoxy) is 2. The largest absolute Gasteiger partial charge is 1.00 e. The van der Waals surface area contributed by atoms with E-state index >= 15 is 0 Å². The number of rotatable bonds is 20. The minimum atomic E-state index is -1.19. The minimum absolute atomic E-state index is 0. The Morgan fingerprint density at radius 2 is 1.04 bits per heavy atom. The van der Waals surface area contributed by atoms with Crippen LogP contribution in [0.25, 0.3) is 11.1 Å². The summed E-state index contributed by atoms with van der Waals surface area (Å²) >= 11 is 0. The average Bonchev–Trinajstić information content (AvgIpc) is 4.20. The van der Waals surface area contributed by atoms with Gasteiger partial charge in [0.1, 0.15) is 48.0 Å². The van der Waals surface area contributed by atoms with Crippen LogP contribution in [-0.4, -0.2) is 52.3 Å². The van der Waals surface area contributed by atoms with Gasteiger partial charge in [-0.2, -0.15) is 0 Å². The third-order valence-corrected chi connectivity index (χ3v) is 10.7. The number of carboxylic acid groups (broad SMARTS) is 2. The topological polar surface area (TPSA) is 263 Å². The van der Waals surface area contributed by atoms with Gasteiger partial charge in [0.05, 0.1) is 37.3 Å². The van der Waals surface area contributed by atoms with E-state index in [1.165, 1.54) is 73.6 Å². The fourth-order valence-corrected chi connectivity index (χ4v) is 7.28. The molecule has 0 amide bonds. The first kappa shape index (κ1) is 56.2. The normalized spacial score (nSPS) is 12.1. The van der Waals surface area contributed by atoms with Crippen molar-refractivity contribution >= 4 is 23.1 Å². The number of hydrogen-bond donors (Lipinski definition) is 6. The zero-order chi connectivity index (χ0) is 49.6. The van der Waals surface area contributed by atoms with E-state index in [1.807, 2.05) is 0 Å². The molecular weight excluding hydrogens is 957 g/mol. The molecule has 0 fully saturated rings. The predicted octanol–water partition coefficient (Wildman–Crippen LogP) is 1.96. The van der Waals surface area contributed by atoms with E-state index in [-0.39, 0.29) is 106 Å². The van der Waals surface area contributed by atoms with Crippen LogP contribution in [0.3, 0.4) is 0 Å². The number of carbonyl (C=O) groups is 2. The molecule has 8 rings (SSSR count). The van der Waals surface area contributed by atoms with Crippen molar-refractivity contribution in [2.45, 2.75) is 51.1 Å². The van der Waals surface area contributed by atoms with E-state index in [1.54, 1.807) is 61.2 Å². The fraction of sp³-hybridized carbons (Fsp3) is 0.154. The van der Waals surface area contributed by atoms with Crippen molar-refractivity contribution in [2.24, 2.45) is 0 Å². The molecule has 0 spiro atoms. The number of nitrogens with one attached hydrogen (secondary N) is 2. The number of halogens is 2. The first-order valence-electron chi connectivity index (χ1n) is 21.5. The monoisotopic (exact) mass is 1000 g/mol. The minimum Gasteiger partial charge on any atom is -0.872 e. The van der Waals surface area contributed by atoms with Crippen molar-refractivity contribution in [3.63, 3.8) is 0 Å². The number of aliphatic hydroxyl groups excluding tert-OH is 2. The number of carboxylic acids is 2. The van der Waals surface area contributed by atoms with Gasteiger partial charge in [-0.25, -0.2) is 28.3 Å². The standard InChI is InChI=1S/2C26H23FN2O6.2Na/c2*27-19-10-18(23(30)3-4-25-28-6-7-29-25)11-20(12-19)35-14-16-1-2-21(24(31)9-16)22(13-26(32)33)17-5-8-34-15-17;;/h2*1-2,5-13,15,23,30-31H,3-4,14H2,(H,28,29)(H,32,33);;/q;;2*+1/p-2. The van der Waals surface area contributed by atoms with Gasteiger partial charge in [-0.1, -0.05) is 36.4 Å². The van der Waals surface area contributed by atoms with Gasteiger partial charge in [0.15, 0.2) is 0 Å². The second-order valence-electron chi connectivity index (χ2n) is 15.7. The molecular formula is C52H44F2N4Na2O12. The Kier molecular flexibility index (Phi) is 21.2. The Hall–Kier alpha value is -6.74. The third-order valence-electron chi connectivity index (χ3n) is 10.7. The summed E-state index contributed by atoms with van der Waals surface area (Å²) in [5.74, 6) is -2.43. The molecule has 0 bridgehead atoms. The summed E-state index contributed by atoms with van der Waals surface area (Å²) in [6, 6.07) is 20.1. The quantitative estimate of drug-likeness (QED) is 0.0472. The number of benzene rings is 4. The maximum absolute atomic E-state index is 14.2. The van der Waals surface area contributed by atoms with Gasteiger partial charge in [-0.15, -0.1) is 11.5 Å². The molecule has 4 aromatic heterocycles. The molecule has 6 N–H and O–H groups in total. The molecule has 0 aliphatic heterocycles. The molecule has 0 aliphatic carbocycles. The van der Waals surface area contributed by atoms with Crippen LogP contribution in [0.5, 0.6) is 23.0 Å².